The van der Waals surface area contributed by atoms with Gasteiger partial charge in [0.2, 0.25) is 11.8 Å². The first-order chi connectivity index (χ1) is 10.1. The number of hydrogen-bond donors (Lipinski definition) is 2. The molecule has 0 radical (unpaired) electrons. The fourth-order valence-corrected chi connectivity index (χ4v) is 2.55. The average molecular weight is 307 g/mol. The molecule has 1 fully saturated rings. The minimum atomic E-state index is -0.176. The number of halogens is 1. The third kappa shape index (κ3) is 2.92. The van der Waals surface area contributed by atoms with Gasteiger partial charge in [0.1, 0.15) is 0 Å². The van der Waals surface area contributed by atoms with Crippen molar-refractivity contribution in [2.24, 2.45) is 0 Å². The van der Waals surface area contributed by atoms with Crippen LogP contribution in [0.4, 0.5) is 11.6 Å². The van der Waals surface area contributed by atoms with Crippen LogP contribution in [-0.4, -0.2) is 52.2 Å². The van der Waals surface area contributed by atoms with E-state index in [1.807, 2.05) is 24.3 Å². The first-order valence-electron chi connectivity index (χ1n) is 6.61. The minimum absolute atomic E-state index is 0.0795. The van der Waals surface area contributed by atoms with E-state index in [9.17, 15) is 4.79 Å². The molecule has 1 aliphatic rings. The van der Waals surface area contributed by atoms with Crippen molar-refractivity contribution in [1.29, 1.82) is 0 Å². The van der Waals surface area contributed by atoms with E-state index in [4.69, 9.17) is 17.3 Å². The molecule has 0 atom stereocenters. The van der Waals surface area contributed by atoms with Gasteiger partial charge in [-0.3, -0.25) is 9.89 Å². The summed E-state index contributed by atoms with van der Waals surface area (Å²) in [5, 5.41) is 6.93. The highest BCUT2D eigenvalue weighted by atomic mass is 35.5. The Balaban J connectivity index is 1.64. The number of anilines is 2. The molecule has 2 aromatic rings. The van der Waals surface area contributed by atoms with E-state index in [1.165, 1.54) is 0 Å². The van der Waals surface area contributed by atoms with Crippen molar-refractivity contribution < 1.29 is 4.79 Å². The van der Waals surface area contributed by atoms with Crippen molar-refractivity contribution in [2.45, 2.75) is 0 Å². The van der Waals surface area contributed by atoms with Gasteiger partial charge in [0, 0.05) is 36.9 Å². The van der Waals surface area contributed by atoms with Gasteiger partial charge in [-0.05, 0) is 18.2 Å². The van der Waals surface area contributed by atoms with E-state index in [-0.39, 0.29) is 17.7 Å². The summed E-state index contributed by atoms with van der Waals surface area (Å²) in [5.41, 5.74) is 6.48. The highest BCUT2D eigenvalue weighted by Crippen LogP contribution is 2.21. The van der Waals surface area contributed by atoms with Crippen LogP contribution in [0, 0.1) is 0 Å². The van der Waals surface area contributed by atoms with E-state index in [0.29, 0.717) is 18.1 Å². The van der Waals surface area contributed by atoms with Gasteiger partial charge in [0.25, 0.3) is 5.91 Å². The monoisotopic (exact) mass is 306 g/mol. The van der Waals surface area contributed by atoms with Crippen molar-refractivity contribution in [1.82, 2.24) is 20.1 Å². The number of carbonyl (C=O) groups is 1. The third-order valence-electron chi connectivity index (χ3n) is 3.45. The van der Waals surface area contributed by atoms with Crippen LogP contribution < -0.4 is 10.6 Å². The standard InChI is InChI=1S/C13H15ClN6O/c14-9-2-1-3-10(8-9)19-4-6-20(7-5-19)12(21)11-16-13(15)18-17-11/h1-3,8H,4-7H2,(H3,15,16,17,18). The van der Waals surface area contributed by atoms with Gasteiger partial charge in [0.15, 0.2) is 0 Å². The van der Waals surface area contributed by atoms with E-state index >= 15 is 0 Å². The molecule has 0 unspecified atom stereocenters. The lowest BCUT2D eigenvalue weighted by Crippen LogP contribution is -2.49. The van der Waals surface area contributed by atoms with Crippen molar-refractivity contribution in [3.63, 3.8) is 0 Å². The molecular weight excluding hydrogens is 292 g/mol. The van der Waals surface area contributed by atoms with Gasteiger partial charge in [-0.1, -0.05) is 17.7 Å². The Hall–Kier alpha value is -2.28. The quantitative estimate of drug-likeness (QED) is 0.864. The highest BCUT2D eigenvalue weighted by Gasteiger charge is 2.24. The number of H-pyrrole nitrogens is 1. The predicted molar refractivity (Wildman–Crippen MR) is 80.4 cm³/mol. The molecule has 1 aliphatic heterocycles. The van der Waals surface area contributed by atoms with Crippen molar-refractivity contribution in [2.75, 3.05) is 36.8 Å². The number of rotatable bonds is 2. The predicted octanol–water partition coefficient (Wildman–Crippen LogP) is 1.00. The van der Waals surface area contributed by atoms with Gasteiger partial charge in [0.05, 0.1) is 0 Å². The summed E-state index contributed by atoms with van der Waals surface area (Å²) in [6, 6.07) is 7.71. The van der Waals surface area contributed by atoms with E-state index in [2.05, 4.69) is 20.1 Å². The molecule has 110 valence electrons. The largest absolute Gasteiger partial charge is 0.368 e. The van der Waals surface area contributed by atoms with Crippen LogP contribution in [0.2, 0.25) is 5.02 Å². The van der Waals surface area contributed by atoms with Crippen molar-refractivity contribution in [3.8, 4) is 0 Å². The Morgan fingerprint density at radius 2 is 2.05 bits per heavy atom. The maximum Gasteiger partial charge on any atom is 0.291 e. The summed E-state index contributed by atoms with van der Waals surface area (Å²) >= 11 is 6.00. The number of amides is 1. The van der Waals surface area contributed by atoms with Gasteiger partial charge < -0.3 is 15.5 Å². The molecule has 0 bridgehead atoms. The van der Waals surface area contributed by atoms with Crippen LogP contribution >= 0.6 is 11.6 Å². The van der Waals surface area contributed by atoms with E-state index in [0.717, 1.165) is 18.8 Å². The van der Waals surface area contributed by atoms with Gasteiger partial charge >= 0.3 is 0 Å². The maximum absolute atomic E-state index is 12.2. The van der Waals surface area contributed by atoms with Crippen LogP contribution in [0.3, 0.4) is 0 Å². The summed E-state index contributed by atoms with van der Waals surface area (Å²) in [4.78, 5) is 20.0. The molecule has 1 aromatic carbocycles. The molecule has 2 heterocycles. The lowest BCUT2D eigenvalue weighted by atomic mass is 10.2. The topological polar surface area (TPSA) is 91.1 Å². The second kappa shape index (κ2) is 5.61. The fourth-order valence-electron chi connectivity index (χ4n) is 2.36. The SMILES string of the molecule is Nc1n[nH]c(C(=O)N2CCN(c3cccc(Cl)c3)CC2)n1. The van der Waals surface area contributed by atoms with Crippen LogP contribution in [0.5, 0.6) is 0 Å². The Bertz CT molecular complexity index is 650. The summed E-state index contributed by atoms with van der Waals surface area (Å²) in [6.07, 6.45) is 0. The molecule has 8 heteroatoms. The molecule has 0 spiro atoms. The maximum atomic E-state index is 12.2. The molecule has 0 aliphatic carbocycles. The third-order valence-corrected chi connectivity index (χ3v) is 3.68. The molecule has 3 rings (SSSR count). The number of nitrogen functional groups attached to an aromatic ring is 1. The summed E-state index contributed by atoms with van der Waals surface area (Å²) in [5.74, 6) is 0.0876. The van der Waals surface area contributed by atoms with Crippen LogP contribution in [0.25, 0.3) is 0 Å². The summed E-state index contributed by atoms with van der Waals surface area (Å²) in [7, 11) is 0. The Morgan fingerprint density at radius 3 is 2.67 bits per heavy atom. The van der Waals surface area contributed by atoms with Crippen molar-refractivity contribution >= 4 is 29.1 Å². The normalized spacial score (nSPS) is 15.3. The Kier molecular flexibility index (Phi) is 3.66. The molecule has 1 aromatic heterocycles. The lowest BCUT2D eigenvalue weighted by molar-refractivity contribution is 0.0735. The summed E-state index contributed by atoms with van der Waals surface area (Å²) in [6.45, 7) is 2.73. The van der Waals surface area contributed by atoms with Crippen molar-refractivity contribution in [3.05, 3.63) is 35.1 Å². The van der Waals surface area contributed by atoms with E-state index in [1.54, 1.807) is 4.90 Å². The molecule has 3 N–H and O–H groups in total. The molecular formula is C13H15ClN6O. The fraction of sp³-hybridized carbons (Fsp3) is 0.308. The second-order valence-corrected chi connectivity index (χ2v) is 5.24. The zero-order chi connectivity index (χ0) is 14.8. The lowest BCUT2D eigenvalue weighted by Gasteiger charge is -2.35. The first kappa shape index (κ1) is 13.7. The number of nitrogens with zero attached hydrogens (tertiary/aromatic N) is 4. The number of hydrogen-bond acceptors (Lipinski definition) is 5. The number of aromatic nitrogens is 3. The number of benzene rings is 1. The Morgan fingerprint density at radius 1 is 1.29 bits per heavy atom. The molecule has 21 heavy (non-hydrogen) atoms. The minimum Gasteiger partial charge on any atom is -0.368 e. The second-order valence-electron chi connectivity index (χ2n) is 4.80. The summed E-state index contributed by atoms with van der Waals surface area (Å²) < 4.78 is 0. The highest BCUT2D eigenvalue weighted by molar-refractivity contribution is 6.30. The number of carbonyl (C=O) groups excluding carboxylic acids is 1. The van der Waals surface area contributed by atoms with Crippen LogP contribution in [0.15, 0.2) is 24.3 Å². The zero-order valence-electron chi connectivity index (χ0n) is 11.3. The number of nitrogens with one attached hydrogen (secondary N) is 1. The van der Waals surface area contributed by atoms with E-state index < -0.39 is 0 Å². The number of aromatic amines is 1. The van der Waals surface area contributed by atoms with Crippen LogP contribution in [0.1, 0.15) is 10.6 Å². The average Bonchev–Trinajstić information content (AvgIpc) is 2.93. The van der Waals surface area contributed by atoms with Gasteiger partial charge in [-0.2, -0.15) is 4.98 Å². The molecule has 0 saturated carbocycles. The smallest absolute Gasteiger partial charge is 0.291 e. The molecule has 7 nitrogen and oxygen atoms in total. The van der Waals surface area contributed by atoms with Crippen LogP contribution in [-0.2, 0) is 0 Å². The zero-order valence-corrected chi connectivity index (χ0v) is 12.0. The number of nitrogens with two attached hydrogens (primary N) is 1. The molecule has 1 saturated heterocycles. The number of piperazine rings is 1. The van der Waals surface area contributed by atoms with Gasteiger partial charge in [-0.25, -0.2) is 0 Å². The molecule has 1 amide bonds. The van der Waals surface area contributed by atoms with Gasteiger partial charge in [-0.15, -0.1) is 5.10 Å². The Labute approximate surface area is 126 Å². The first-order valence-corrected chi connectivity index (χ1v) is 6.99.